The number of aromatic nitrogens is 2. The lowest BCUT2D eigenvalue weighted by Crippen LogP contribution is -2.50. The summed E-state index contributed by atoms with van der Waals surface area (Å²) in [6, 6.07) is 15.7. The van der Waals surface area contributed by atoms with Gasteiger partial charge in [-0.3, -0.25) is 9.59 Å². The fourth-order valence-electron chi connectivity index (χ4n) is 6.21. The number of aliphatic hydroxyl groups is 1. The first-order valence-corrected chi connectivity index (χ1v) is 16.3. The van der Waals surface area contributed by atoms with E-state index in [1.165, 1.54) is 19.1 Å². The average molecular weight is 697 g/mol. The number of nitrogens with one attached hydrogen (secondary N) is 1. The molecule has 4 aromatic rings. The Morgan fingerprint density at radius 3 is 2.42 bits per heavy atom. The molecule has 2 fully saturated rings. The van der Waals surface area contributed by atoms with Crippen LogP contribution in [0, 0.1) is 26.6 Å². The van der Waals surface area contributed by atoms with Crippen molar-refractivity contribution in [3.8, 4) is 0 Å². The van der Waals surface area contributed by atoms with E-state index in [-0.39, 0.29) is 29.4 Å². The second-order valence-electron chi connectivity index (χ2n) is 12.5. The summed E-state index contributed by atoms with van der Waals surface area (Å²) >= 11 is 0. The highest BCUT2D eigenvalue weighted by molar-refractivity contribution is 5.83. The number of hydrogen-bond acceptors (Lipinski definition) is 8. The highest BCUT2D eigenvalue weighted by Crippen LogP contribution is 2.36. The molecule has 2 aromatic heterocycles. The maximum atomic E-state index is 13.4. The lowest BCUT2D eigenvalue weighted by Gasteiger charge is -2.36. The third-order valence-corrected chi connectivity index (χ3v) is 8.92. The van der Waals surface area contributed by atoms with Crippen molar-refractivity contribution in [1.29, 1.82) is 0 Å². The number of alkyl halides is 3. The number of anilines is 3. The number of nitrogens with zero attached hydrogens (tertiary/aromatic N) is 5. The summed E-state index contributed by atoms with van der Waals surface area (Å²) in [6.45, 7) is 8.46. The molecule has 2 aliphatic heterocycles. The second-order valence-corrected chi connectivity index (χ2v) is 12.5. The van der Waals surface area contributed by atoms with Crippen LogP contribution in [0.15, 0.2) is 65.2 Å². The van der Waals surface area contributed by atoms with Gasteiger partial charge >= 0.3 is 6.18 Å². The van der Waals surface area contributed by atoms with E-state index in [1.54, 1.807) is 28.1 Å². The van der Waals surface area contributed by atoms with E-state index in [0.29, 0.717) is 56.9 Å². The molecule has 0 spiro atoms. The first kappa shape index (κ1) is 36.3. The zero-order chi connectivity index (χ0) is 36.0. The van der Waals surface area contributed by atoms with E-state index >= 15 is 0 Å². The SMILES string of the molecule is Cc1ccc(C)c(C(O)C(=O)N2CCN(c3ccc(NC=O)cn3)CC2)c1.Cc1oc(N2CCCC(c3cccc(F)c3)C2)nc1C(F)(F)F. The van der Waals surface area contributed by atoms with Crippen molar-refractivity contribution in [3.05, 3.63) is 100 Å². The van der Waals surface area contributed by atoms with E-state index in [4.69, 9.17) is 4.42 Å². The Morgan fingerprint density at radius 2 is 1.78 bits per heavy atom. The zero-order valence-electron chi connectivity index (χ0n) is 28.1. The van der Waals surface area contributed by atoms with Gasteiger partial charge in [-0.05, 0) is 74.6 Å². The fourth-order valence-corrected chi connectivity index (χ4v) is 6.21. The summed E-state index contributed by atoms with van der Waals surface area (Å²) in [5.74, 6) is 0.0304. The van der Waals surface area contributed by atoms with Gasteiger partial charge in [-0.1, -0.05) is 35.9 Å². The molecule has 14 heteroatoms. The number of aryl methyl sites for hydroxylation is 3. The Labute approximate surface area is 287 Å². The Kier molecular flexibility index (Phi) is 11.4. The molecule has 2 aliphatic rings. The maximum Gasteiger partial charge on any atom is 0.436 e. The minimum atomic E-state index is -4.52. The Morgan fingerprint density at radius 1 is 1.02 bits per heavy atom. The van der Waals surface area contributed by atoms with Crippen molar-refractivity contribution in [2.45, 2.75) is 51.8 Å². The molecule has 0 bridgehead atoms. The molecule has 2 amide bonds. The predicted molar refractivity (Wildman–Crippen MR) is 180 cm³/mol. The van der Waals surface area contributed by atoms with Crippen molar-refractivity contribution in [2.75, 3.05) is 54.4 Å². The van der Waals surface area contributed by atoms with E-state index in [1.807, 2.05) is 44.2 Å². The van der Waals surface area contributed by atoms with Gasteiger partial charge in [-0.15, -0.1) is 0 Å². The van der Waals surface area contributed by atoms with Gasteiger partial charge in [-0.25, -0.2) is 9.37 Å². The van der Waals surface area contributed by atoms with Gasteiger partial charge in [0.15, 0.2) is 11.8 Å². The number of hydrogen-bond donors (Lipinski definition) is 2. The van der Waals surface area contributed by atoms with Crippen molar-refractivity contribution in [3.63, 3.8) is 0 Å². The normalized spacial score (nSPS) is 17.1. The molecule has 0 saturated carbocycles. The molecule has 2 unspecified atom stereocenters. The molecule has 6 rings (SSSR count). The predicted octanol–water partition coefficient (Wildman–Crippen LogP) is 6.17. The number of piperidine rings is 1. The number of piperazine rings is 1. The van der Waals surface area contributed by atoms with Crippen LogP contribution in [0.2, 0.25) is 0 Å². The van der Waals surface area contributed by atoms with Gasteiger partial charge in [0.25, 0.3) is 11.9 Å². The number of carbonyl (C=O) groups is 2. The van der Waals surface area contributed by atoms with Gasteiger partial charge in [0.2, 0.25) is 6.41 Å². The molecule has 10 nitrogen and oxygen atoms in total. The Hall–Kier alpha value is -4.98. The highest BCUT2D eigenvalue weighted by Gasteiger charge is 2.38. The largest absolute Gasteiger partial charge is 0.436 e. The Bertz CT molecular complexity index is 1770. The minimum absolute atomic E-state index is 0.0177. The number of halogens is 4. The second kappa shape index (κ2) is 15.7. The van der Waals surface area contributed by atoms with Gasteiger partial charge in [-0.2, -0.15) is 18.2 Å². The molecule has 2 atom stereocenters. The zero-order valence-corrected chi connectivity index (χ0v) is 28.1. The van der Waals surface area contributed by atoms with Crippen LogP contribution in [0.5, 0.6) is 0 Å². The summed E-state index contributed by atoms with van der Waals surface area (Å²) < 4.78 is 57.1. The number of pyridine rings is 1. The fraction of sp³-hybridized carbons (Fsp3) is 0.389. The number of aliphatic hydroxyl groups excluding tert-OH is 1. The highest BCUT2D eigenvalue weighted by atomic mass is 19.4. The topological polar surface area (TPSA) is 115 Å². The van der Waals surface area contributed by atoms with Crippen molar-refractivity contribution in [1.82, 2.24) is 14.9 Å². The number of oxazole rings is 1. The summed E-state index contributed by atoms with van der Waals surface area (Å²) in [6.07, 6.45) is -1.81. The van der Waals surface area contributed by atoms with Gasteiger partial charge in [0.1, 0.15) is 17.4 Å². The average Bonchev–Trinajstić information content (AvgIpc) is 3.52. The van der Waals surface area contributed by atoms with Crippen LogP contribution in [-0.2, 0) is 15.8 Å². The molecular formula is C36H40F4N6O4. The monoisotopic (exact) mass is 696 g/mol. The standard InChI is InChI=1S/C20H24N4O3.C16H16F4N2O/c1-14-3-4-15(2)17(11-14)19(26)20(27)24-9-7-23(8-10-24)18-6-5-16(12-21-18)22-13-25;1-10-14(16(18,19)20)21-15(23-10)22-7-3-5-12(9-22)11-4-2-6-13(17)8-11/h3-6,11-13,19,26H,7-10H2,1-2H3,(H,22,25);2,4,6,8,12H,3,5,7,9H2,1H3. The van der Waals surface area contributed by atoms with Crippen LogP contribution in [0.1, 0.15) is 58.6 Å². The molecule has 0 radical (unpaired) electrons. The van der Waals surface area contributed by atoms with Gasteiger partial charge < -0.3 is 29.5 Å². The van der Waals surface area contributed by atoms with Crippen LogP contribution in [0.4, 0.5) is 35.1 Å². The maximum absolute atomic E-state index is 13.4. The Balaban J connectivity index is 0.000000197. The van der Waals surface area contributed by atoms with E-state index < -0.39 is 18.0 Å². The number of rotatable bonds is 7. The molecule has 2 aromatic carbocycles. The van der Waals surface area contributed by atoms with Crippen molar-refractivity contribution in [2.24, 2.45) is 0 Å². The summed E-state index contributed by atoms with van der Waals surface area (Å²) in [5, 5.41) is 13.1. The van der Waals surface area contributed by atoms with Crippen LogP contribution < -0.4 is 15.1 Å². The lowest BCUT2D eigenvalue weighted by molar-refractivity contribution is -0.142. The van der Waals surface area contributed by atoms with Crippen LogP contribution in [-0.4, -0.2) is 71.6 Å². The molecule has 4 heterocycles. The van der Waals surface area contributed by atoms with E-state index in [9.17, 15) is 32.3 Å². The number of carbonyl (C=O) groups excluding carboxylic acids is 2. The molecule has 50 heavy (non-hydrogen) atoms. The summed E-state index contributed by atoms with van der Waals surface area (Å²) in [7, 11) is 0. The van der Waals surface area contributed by atoms with Crippen LogP contribution in [0.3, 0.4) is 0 Å². The van der Waals surface area contributed by atoms with Gasteiger partial charge in [0.05, 0.1) is 11.9 Å². The lowest BCUT2D eigenvalue weighted by atomic mass is 9.91. The quantitative estimate of drug-likeness (QED) is 0.174. The molecule has 266 valence electrons. The molecule has 2 saturated heterocycles. The first-order valence-electron chi connectivity index (χ1n) is 16.3. The van der Waals surface area contributed by atoms with Crippen molar-refractivity contribution < 1.29 is 36.7 Å². The summed E-state index contributed by atoms with van der Waals surface area (Å²) in [5.41, 5.74) is 3.09. The summed E-state index contributed by atoms with van der Waals surface area (Å²) in [4.78, 5) is 36.6. The minimum Gasteiger partial charge on any atom is -0.428 e. The van der Waals surface area contributed by atoms with Crippen molar-refractivity contribution >= 4 is 29.8 Å². The first-order chi connectivity index (χ1) is 23.8. The molecular weight excluding hydrogens is 656 g/mol. The van der Waals surface area contributed by atoms with E-state index in [0.717, 1.165) is 35.3 Å². The van der Waals surface area contributed by atoms with Gasteiger partial charge in [0, 0.05) is 45.2 Å². The number of benzene rings is 2. The molecule has 2 N–H and O–H groups in total. The van der Waals surface area contributed by atoms with Crippen LogP contribution in [0.25, 0.3) is 0 Å². The number of amides is 2. The molecule has 0 aliphatic carbocycles. The third-order valence-electron chi connectivity index (χ3n) is 8.92. The third kappa shape index (κ3) is 8.78. The van der Waals surface area contributed by atoms with Crippen LogP contribution >= 0.6 is 0 Å². The van der Waals surface area contributed by atoms with E-state index in [2.05, 4.69) is 20.2 Å². The smallest absolute Gasteiger partial charge is 0.428 e.